The fraction of sp³-hybridized carbons (Fsp3) is 0.400. The van der Waals surface area contributed by atoms with E-state index in [9.17, 15) is 33.0 Å². The van der Waals surface area contributed by atoms with Gasteiger partial charge in [0.05, 0.1) is 22.3 Å². The summed E-state index contributed by atoms with van der Waals surface area (Å²) in [5.74, 6) is -0.0698. The number of benzene rings is 4. The Morgan fingerprint density at radius 2 is 1.74 bits per heavy atom. The zero-order valence-electron chi connectivity index (χ0n) is 37.9. The van der Waals surface area contributed by atoms with E-state index in [0.717, 1.165) is 94.1 Å². The molecule has 4 aliphatic heterocycles. The highest BCUT2D eigenvalue weighted by Gasteiger charge is 2.29. The number of carbonyl (C=O) groups is 3. The third kappa shape index (κ3) is 11.2. The molecule has 3 saturated heterocycles. The summed E-state index contributed by atoms with van der Waals surface area (Å²) in [4.78, 5) is 55.4. The molecule has 18 heteroatoms. The number of rotatable bonds is 14. The van der Waals surface area contributed by atoms with Gasteiger partial charge in [0.15, 0.2) is 22.7 Å². The zero-order valence-corrected chi connectivity index (χ0v) is 38.7. The number of nitriles is 1. The number of fused-ring (bicyclic) bond motifs is 2. The molecule has 356 valence electrons. The molecule has 0 aliphatic carbocycles. The fourth-order valence-corrected chi connectivity index (χ4v) is 10.4. The molecular weight excluding hydrogens is 893 g/mol. The first-order chi connectivity index (χ1) is 33.0. The van der Waals surface area contributed by atoms with E-state index in [1.165, 1.54) is 39.0 Å². The SMILES string of the molecule is CCCCC(=O)NC=O.N#Cc1c(NS(=O)N2CCC(F)C2)ccc(F)c1Oc1ccc2ncn(-c3ccc(N4CCC(CN5CCC(c6ccc7c(c6)CNC7=O)CC5)CC4)cc3)c(=O)c2c1. The summed E-state index contributed by atoms with van der Waals surface area (Å²) in [7, 11) is 0. The van der Waals surface area contributed by atoms with Crippen molar-refractivity contribution in [1.29, 1.82) is 5.26 Å². The van der Waals surface area contributed by atoms with Gasteiger partial charge >= 0.3 is 0 Å². The summed E-state index contributed by atoms with van der Waals surface area (Å²) in [6.45, 7) is 8.14. The second-order valence-corrected chi connectivity index (χ2v) is 18.9. The van der Waals surface area contributed by atoms with E-state index in [-0.39, 0.29) is 59.3 Å². The lowest BCUT2D eigenvalue weighted by atomic mass is 9.87. The van der Waals surface area contributed by atoms with Gasteiger partial charge in [-0.05, 0) is 135 Å². The molecule has 2 unspecified atom stereocenters. The van der Waals surface area contributed by atoms with Gasteiger partial charge in [0.1, 0.15) is 29.9 Å². The topological polar surface area (TPSA) is 182 Å². The highest BCUT2D eigenvalue weighted by molar-refractivity contribution is 7.84. The highest BCUT2D eigenvalue weighted by Crippen LogP contribution is 2.35. The number of nitrogens with one attached hydrogen (secondary N) is 3. The van der Waals surface area contributed by atoms with E-state index >= 15 is 4.39 Å². The number of hydrogen-bond donors (Lipinski definition) is 3. The van der Waals surface area contributed by atoms with Gasteiger partial charge < -0.3 is 19.9 Å². The van der Waals surface area contributed by atoms with Crippen LogP contribution in [0.1, 0.15) is 91.3 Å². The first-order valence-corrected chi connectivity index (χ1v) is 24.3. The number of carbonyl (C=O) groups excluding carboxylic acids is 3. The van der Waals surface area contributed by atoms with Gasteiger partial charge in [-0.25, -0.2) is 22.3 Å². The molecule has 5 aromatic rings. The summed E-state index contributed by atoms with van der Waals surface area (Å²) in [5, 5.41) is 15.2. The average Bonchev–Trinajstić information content (AvgIpc) is 3.97. The Morgan fingerprint density at radius 3 is 2.44 bits per heavy atom. The summed E-state index contributed by atoms with van der Waals surface area (Å²) in [6.07, 6.45) is 7.85. The lowest BCUT2D eigenvalue weighted by molar-refractivity contribution is -0.125. The molecule has 0 saturated carbocycles. The third-order valence-electron chi connectivity index (χ3n) is 13.2. The molecule has 0 bridgehead atoms. The number of alkyl halides is 1. The van der Waals surface area contributed by atoms with Crippen molar-refractivity contribution in [3.8, 4) is 23.3 Å². The van der Waals surface area contributed by atoms with Crippen LogP contribution in [0.15, 0.2) is 83.9 Å². The lowest BCUT2D eigenvalue weighted by Crippen LogP contribution is -2.41. The van der Waals surface area contributed by atoms with Crippen molar-refractivity contribution in [2.24, 2.45) is 5.92 Å². The minimum atomic E-state index is -1.85. The lowest BCUT2D eigenvalue weighted by Gasteiger charge is -2.38. The Morgan fingerprint density at radius 1 is 0.971 bits per heavy atom. The molecule has 3 fully saturated rings. The Hall–Kier alpha value is -6.55. The fourth-order valence-electron chi connectivity index (χ4n) is 9.31. The average molecular weight is 948 g/mol. The maximum Gasteiger partial charge on any atom is 0.265 e. The van der Waals surface area contributed by atoms with Crippen LogP contribution in [0.2, 0.25) is 0 Å². The molecule has 5 heterocycles. The molecule has 0 spiro atoms. The van der Waals surface area contributed by atoms with Gasteiger partial charge in [0, 0.05) is 56.9 Å². The molecule has 0 radical (unpaired) electrons. The van der Waals surface area contributed by atoms with Crippen molar-refractivity contribution in [1.82, 2.24) is 29.4 Å². The normalized spacial score (nSPS) is 18.2. The van der Waals surface area contributed by atoms with Gasteiger partial charge in [-0.1, -0.05) is 25.5 Å². The molecule has 1 aromatic heterocycles. The number of anilines is 2. The van der Waals surface area contributed by atoms with E-state index < -0.39 is 28.9 Å². The predicted octanol–water partition coefficient (Wildman–Crippen LogP) is 7.01. The van der Waals surface area contributed by atoms with Gasteiger partial charge in [0.2, 0.25) is 12.3 Å². The first-order valence-electron chi connectivity index (χ1n) is 23.2. The number of halogens is 2. The molecule has 2 atom stereocenters. The van der Waals surface area contributed by atoms with Crippen LogP contribution >= 0.6 is 0 Å². The number of piperidine rings is 2. The van der Waals surface area contributed by atoms with Crippen LogP contribution in [0.25, 0.3) is 16.6 Å². The molecule has 68 heavy (non-hydrogen) atoms. The van der Waals surface area contributed by atoms with Crippen LogP contribution in [-0.2, 0) is 27.3 Å². The summed E-state index contributed by atoms with van der Waals surface area (Å²) in [6, 6.07) is 23.1. The number of unbranched alkanes of at least 4 members (excludes halogenated alkanes) is 1. The summed E-state index contributed by atoms with van der Waals surface area (Å²) >= 11 is -1.85. The Kier molecular flexibility index (Phi) is 15.5. The van der Waals surface area contributed by atoms with Gasteiger partial charge in [-0.2, -0.15) is 5.26 Å². The van der Waals surface area contributed by atoms with Gasteiger partial charge in [-0.3, -0.25) is 33.8 Å². The Bertz CT molecular complexity index is 2770. The molecule has 3 amide bonds. The molecule has 9 rings (SSSR count). The zero-order chi connectivity index (χ0) is 47.7. The van der Waals surface area contributed by atoms with E-state index in [1.807, 2.05) is 43.3 Å². The minimum absolute atomic E-state index is 0.0121. The van der Waals surface area contributed by atoms with Crippen LogP contribution in [-0.4, -0.2) is 93.2 Å². The van der Waals surface area contributed by atoms with Crippen molar-refractivity contribution in [3.05, 3.63) is 118 Å². The second kappa shape index (κ2) is 22.0. The van der Waals surface area contributed by atoms with Gasteiger partial charge in [0.25, 0.3) is 11.5 Å². The molecular formula is C50H55F2N9O6S. The minimum Gasteiger partial charge on any atom is -0.453 e. The number of likely N-dealkylation sites (tertiary alicyclic amines) is 1. The Balaban J connectivity index is 0.000000632. The van der Waals surface area contributed by atoms with Crippen LogP contribution < -0.4 is 30.6 Å². The number of hydrogen-bond acceptors (Lipinski definition) is 10. The molecule has 15 nitrogen and oxygen atoms in total. The number of aromatic nitrogens is 2. The van der Waals surface area contributed by atoms with Crippen molar-refractivity contribution in [2.75, 3.05) is 55.4 Å². The van der Waals surface area contributed by atoms with Crippen molar-refractivity contribution in [2.45, 2.75) is 76.9 Å². The molecule has 4 aliphatic rings. The van der Waals surface area contributed by atoms with Gasteiger partial charge in [-0.15, -0.1) is 0 Å². The second-order valence-electron chi connectivity index (χ2n) is 17.6. The maximum atomic E-state index is 15.1. The van der Waals surface area contributed by atoms with Crippen molar-refractivity contribution in [3.63, 3.8) is 0 Å². The van der Waals surface area contributed by atoms with E-state index in [1.54, 1.807) is 6.07 Å². The van der Waals surface area contributed by atoms with Crippen LogP contribution in [0.4, 0.5) is 20.2 Å². The third-order valence-corrected chi connectivity index (χ3v) is 14.4. The van der Waals surface area contributed by atoms with E-state index in [4.69, 9.17) is 4.74 Å². The quantitative estimate of drug-likeness (QED) is 0.0980. The summed E-state index contributed by atoms with van der Waals surface area (Å²) < 4.78 is 53.0. The standard InChI is InChI=1S/C44H44F2N8O4S.C6H11NO2/c45-32-15-20-53(26-32)59(57)50-41-10-8-39(46)42(38(41)23-47)58-35-6-9-40-37(22-35)44(56)54(27-49-40)34-4-2-33(3-5-34)52-18-11-28(12-19-52)25-51-16-13-29(14-17-51)30-1-7-36-31(21-30)24-48-43(36)55;1-2-3-4-6(9)7-5-8/h1-10,21-22,27-29,32,50H,11-20,24-26H2,(H,48,55);5H,2-4H2,1H3,(H,7,8,9). The molecule has 4 aromatic carbocycles. The van der Waals surface area contributed by atoms with Crippen LogP contribution in [0.5, 0.6) is 11.5 Å². The largest absolute Gasteiger partial charge is 0.453 e. The van der Waals surface area contributed by atoms with Crippen LogP contribution in [0, 0.1) is 23.1 Å². The predicted molar refractivity (Wildman–Crippen MR) is 256 cm³/mol. The van der Waals surface area contributed by atoms with Crippen molar-refractivity contribution >= 4 is 51.7 Å². The Labute approximate surface area is 396 Å². The smallest absolute Gasteiger partial charge is 0.265 e. The maximum absolute atomic E-state index is 15.1. The number of nitrogens with zero attached hydrogens (tertiary/aromatic N) is 6. The number of imide groups is 1. The monoisotopic (exact) mass is 947 g/mol. The summed E-state index contributed by atoms with van der Waals surface area (Å²) in [5.41, 5.74) is 4.96. The number of ether oxygens (including phenoxy) is 1. The van der Waals surface area contributed by atoms with Crippen LogP contribution in [0.3, 0.4) is 0 Å². The van der Waals surface area contributed by atoms with E-state index in [0.29, 0.717) is 42.4 Å². The first kappa shape index (κ1) is 47.9. The van der Waals surface area contributed by atoms with E-state index in [2.05, 4.69) is 42.3 Å². The van der Waals surface area contributed by atoms with Crippen molar-refractivity contribution < 1.29 is 32.1 Å². The molecule has 3 N–H and O–H groups in total. The highest BCUT2D eigenvalue weighted by atomic mass is 32.2. The number of amides is 3.